The van der Waals surface area contributed by atoms with Gasteiger partial charge in [0, 0.05) is 22.7 Å². The van der Waals surface area contributed by atoms with Gasteiger partial charge in [-0.05, 0) is 71.6 Å². The highest BCUT2D eigenvalue weighted by Gasteiger charge is 2.36. The van der Waals surface area contributed by atoms with Crippen LogP contribution in [0, 0.1) is 0 Å². The summed E-state index contributed by atoms with van der Waals surface area (Å²) in [5.41, 5.74) is 2.16. The fourth-order valence-electron chi connectivity index (χ4n) is 4.94. The molecule has 0 aliphatic heterocycles. The number of ether oxygens (including phenoxy) is 1. The van der Waals surface area contributed by atoms with Gasteiger partial charge in [0.15, 0.2) is 0 Å². The number of sulfonamides is 1. The summed E-state index contributed by atoms with van der Waals surface area (Å²) >= 11 is 12.4. The second-order valence-corrected chi connectivity index (χ2v) is 13.0. The number of nitrogens with zero attached hydrogens (tertiary/aromatic N) is 1. The maximum Gasteiger partial charge on any atom is 0.417 e. The van der Waals surface area contributed by atoms with Crippen molar-refractivity contribution >= 4 is 39.1 Å². The lowest BCUT2D eigenvalue weighted by atomic mass is 9.93. The Kier molecular flexibility index (Phi) is 9.48. The Hall–Kier alpha value is -4.32. The van der Waals surface area contributed by atoms with Crippen molar-refractivity contribution in [2.24, 2.45) is 0 Å². The van der Waals surface area contributed by atoms with Gasteiger partial charge in [-0.2, -0.15) is 13.2 Å². The molecule has 1 aromatic heterocycles. The number of aromatic nitrogens is 2. The summed E-state index contributed by atoms with van der Waals surface area (Å²) in [6.07, 6.45) is -1.64. The van der Waals surface area contributed by atoms with E-state index < -0.39 is 33.2 Å². The van der Waals surface area contributed by atoms with Crippen molar-refractivity contribution in [2.75, 3.05) is 6.26 Å². The fraction of sp³-hybridized carbons (Fsp3) is 0.152. The van der Waals surface area contributed by atoms with Crippen molar-refractivity contribution in [3.8, 4) is 33.9 Å². The number of halogens is 5. The van der Waals surface area contributed by atoms with Crippen molar-refractivity contribution in [2.45, 2.75) is 25.4 Å². The first-order chi connectivity index (χ1) is 21.7. The van der Waals surface area contributed by atoms with Gasteiger partial charge in [0.1, 0.15) is 17.3 Å². The predicted molar refractivity (Wildman–Crippen MR) is 172 cm³/mol. The number of nitrogens with one attached hydrogen (secondary N) is 2. The number of aromatic amines is 1. The second kappa shape index (κ2) is 13.2. The molecule has 7 nitrogen and oxygen atoms in total. The van der Waals surface area contributed by atoms with Crippen LogP contribution in [0.25, 0.3) is 22.4 Å². The topological polar surface area (TPSA) is 101 Å². The van der Waals surface area contributed by atoms with Crippen molar-refractivity contribution in [1.82, 2.24) is 14.7 Å². The number of H-pyrrole nitrogens is 1. The molecule has 1 atom stereocenters. The molecule has 1 unspecified atom stereocenters. The summed E-state index contributed by atoms with van der Waals surface area (Å²) < 4.78 is 71.0. The molecule has 238 valence electrons. The van der Waals surface area contributed by atoms with Crippen LogP contribution >= 0.6 is 23.2 Å². The number of hydrogen-bond donors (Lipinski definition) is 2. The monoisotopic (exact) mass is 687 g/mol. The molecule has 0 radical (unpaired) electrons. The summed E-state index contributed by atoms with van der Waals surface area (Å²) in [6.45, 7) is 2.07. The second-order valence-electron chi connectivity index (χ2n) is 10.4. The van der Waals surface area contributed by atoms with Gasteiger partial charge in [-0.3, -0.25) is 4.79 Å². The van der Waals surface area contributed by atoms with Gasteiger partial charge in [0.25, 0.3) is 5.91 Å². The largest absolute Gasteiger partial charge is 0.457 e. The van der Waals surface area contributed by atoms with Crippen LogP contribution in [-0.2, 0) is 16.2 Å². The first-order valence-electron chi connectivity index (χ1n) is 13.8. The lowest BCUT2D eigenvalue weighted by Crippen LogP contribution is -2.31. The SMILES string of the molecule is CCC(c1ccc(-c2ccc(Oc3ccc(C(=O)NS(C)(=O)=O)c(C(F)(F)F)c3)cc2)cc1)c1nc(-c2ccc(Cl)cc2Cl)c[nH]1. The van der Waals surface area contributed by atoms with Crippen molar-refractivity contribution < 1.29 is 31.1 Å². The average molecular weight is 689 g/mol. The van der Waals surface area contributed by atoms with Crippen molar-refractivity contribution in [3.05, 3.63) is 124 Å². The lowest BCUT2D eigenvalue weighted by Gasteiger charge is -2.15. The molecule has 4 aromatic carbocycles. The van der Waals surface area contributed by atoms with Gasteiger partial charge in [-0.1, -0.05) is 66.5 Å². The molecule has 0 fully saturated rings. The molecule has 5 aromatic rings. The molecular formula is C33H26Cl2F3N3O4S. The number of alkyl halides is 3. The van der Waals surface area contributed by atoms with E-state index in [1.54, 1.807) is 41.1 Å². The Labute approximate surface area is 273 Å². The summed E-state index contributed by atoms with van der Waals surface area (Å²) in [6, 6.07) is 22.7. The van der Waals surface area contributed by atoms with Gasteiger partial charge in [-0.15, -0.1) is 0 Å². The van der Waals surface area contributed by atoms with Crippen LogP contribution in [0.4, 0.5) is 13.2 Å². The molecule has 2 N–H and O–H groups in total. The van der Waals surface area contributed by atoms with Gasteiger partial charge in [0.05, 0.1) is 28.1 Å². The van der Waals surface area contributed by atoms with E-state index in [4.69, 9.17) is 32.9 Å². The molecule has 1 amide bonds. The smallest absolute Gasteiger partial charge is 0.417 e. The average Bonchev–Trinajstić information content (AvgIpc) is 3.46. The molecule has 46 heavy (non-hydrogen) atoms. The highest BCUT2D eigenvalue weighted by molar-refractivity contribution is 7.89. The third-order valence-corrected chi connectivity index (χ3v) is 8.20. The van der Waals surface area contributed by atoms with E-state index in [0.29, 0.717) is 22.4 Å². The maximum absolute atomic E-state index is 13.7. The standard InChI is InChI=1S/C33H26Cl2F3N3O4S/c1-3-25(31-39-18-30(40-31)27-14-10-22(34)16-29(27)35)21-6-4-19(5-7-21)20-8-11-23(12-9-20)45-24-13-15-26(28(17-24)33(36,37)38)32(42)41-46(2,43)44/h4-18,25H,3H2,1-2H3,(H,39,40)(H,41,42). The normalized spacial score (nSPS) is 12.5. The van der Waals surface area contributed by atoms with Crippen LogP contribution in [0.1, 0.15) is 46.6 Å². The fourth-order valence-corrected chi connectivity index (χ4v) is 5.89. The summed E-state index contributed by atoms with van der Waals surface area (Å²) in [5, 5.41) is 1.06. The van der Waals surface area contributed by atoms with E-state index in [1.807, 2.05) is 36.5 Å². The number of benzene rings is 4. The zero-order valence-corrected chi connectivity index (χ0v) is 26.7. The van der Waals surface area contributed by atoms with E-state index in [1.165, 1.54) is 0 Å². The summed E-state index contributed by atoms with van der Waals surface area (Å²) in [7, 11) is -4.06. The summed E-state index contributed by atoms with van der Waals surface area (Å²) in [4.78, 5) is 20.2. The molecule has 5 rings (SSSR count). The van der Waals surface area contributed by atoms with Crippen LogP contribution < -0.4 is 9.46 Å². The van der Waals surface area contributed by atoms with E-state index in [9.17, 15) is 26.4 Å². The number of imidazole rings is 1. The zero-order valence-electron chi connectivity index (χ0n) is 24.3. The predicted octanol–water partition coefficient (Wildman–Crippen LogP) is 9.09. The van der Waals surface area contributed by atoms with E-state index in [0.717, 1.165) is 52.3 Å². The van der Waals surface area contributed by atoms with Gasteiger partial charge >= 0.3 is 6.18 Å². The molecule has 0 aliphatic carbocycles. The minimum atomic E-state index is -4.93. The van der Waals surface area contributed by atoms with Crippen LogP contribution in [0.3, 0.4) is 0 Å². The van der Waals surface area contributed by atoms with Crippen LogP contribution in [0.15, 0.2) is 91.1 Å². The highest BCUT2D eigenvalue weighted by atomic mass is 35.5. The molecule has 1 heterocycles. The number of rotatable bonds is 9. The van der Waals surface area contributed by atoms with Crippen LogP contribution in [0.5, 0.6) is 11.5 Å². The van der Waals surface area contributed by atoms with E-state index in [2.05, 4.69) is 11.9 Å². The maximum atomic E-state index is 13.7. The first kappa shape index (κ1) is 33.1. The number of carbonyl (C=O) groups excluding carboxylic acids is 1. The van der Waals surface area contributed by atoms with Crippen molar-refractivity contribution in [1.29, 1.82) is 0 Å². The number of hydrogen-bond acceptors (Lipinski definition) is 5. The number of amides is 1. The quantitative estimate of drug-likeness (QED) is 0.161. The molecule has 0 saturated carbocycles. The third kappa shape index (κ3) is 7.72. The number of carbonyl (C=O) groups is 1. The Bertz CT molecular complexity index is 2000. The van der Waals surface area contributed by atoms with Gasteiger partial charge in [0.2, 0.25) is 10.0 Å². The Morgan fingerprint density at radius 1 is 0.935 bits per heavy atom. The molecule has 13 heteroatoms. The minimum Gasteiger partial charge on any atom is -0.457 e. The van der Waals surface area contributed by atoms with Crippen LogP contribution in [-0.4, -0.2) is 30.5 Å². The Balaban J connectivity index is 1.31. The molecule has 0 saturated heterocycles. The molecule has 0 bridgehead atoms. The summed E-state index contributed by atoms with van der Waals surface area (Å²) in [5.74, 6) is -0.489. The van der Waals surface area contributed by atoms with Crippen molar-refractivity contribution in [3.63, 3.8) is 0 Å². The molecule has 0 aliphatic rings. The minimum absolute atomic E-state index is 0.00933. The Morgan fingerprint density at radius 3 is 2.15 bits per heavy atom. The third-order valence-electron chi connectivity index (χ3n) is 7.10. The van der Waals surface area contributed by atoms with Gasteiger partial charge in [-0.25, -0.2) is 18.1 Å². The Morgan fingerprint density at radius 2 is 1.57 bits per heavy atom. The molecule has 0 spiro atoms. The zero-order chi connectivity index (χ0) is 33.2. The highest BCUT2D eigenvalue weighted by Crippen LogP contribution is 2.37. The molecular weight excluding hydrogens is 662 g/mol. The van der Waals surface area contributed by atoms with E-state index >= 15 is 0 Å². The lowest BCUT2D eigenvalue weighted by molar-refractivity contribution is -0.138. The first-order valence-corrected chi connectivity index (χ1v) is 16.5. The van der Waals surface area contributed by atoms with Gasteiger partial charge < -0.3 is 9.72 Å². The van der Waals surface area contributed by atoms with Crippen LogP contribution in [0.2, 0.25) is 10.0 Å². The van der Waals surface area contributed by atoms with E-state index in [-0.39, 0.29) is 17.4 Å².